The summed E-state index contributed by atoms with van der Waals surface area (Å²) in [5, 5.41) is 2.63. The summed E-state index contributed by atoms with van der Waals surface area (Å²) in [5.41, 5.74) is -0.839. The van der Waals surface area contributed by atoms with Crippen molar-refractivity contribution < 1.29 is 36.3 Å². The number of hydrogen-bond donors (Lipinski definition) is 1. The number of hydrogen-bond acceptors (Lipinski definition) is 6. The van der Waals surface area contributed by atoms with Gasteiger partial charge in [0.05, 0.1) is 12.0 Å². The average molecular weight is 523 g/mol. The van der Waals surface area contributed by atoms with Gasteiger partial charge in [0.2, 0.25) is 15.9 Å². The lowest BCUT2D eigenvalue weighted by molar-refractivity contribution is -0.139. The van der Waals surface area contributed by atoms with E-state index in [0.717, 1.165) is 21.3 Å². The first-order chi connectivity index (χ1) is 17.0. The van der Waals surface area contributed by atoms with Crippen molar-refractivity contribution in [3.63, 3.8) is 0 Å². The molecule has 1 unspecified atom stereocenters. The molecule has 192 valence electrons. The Morgan fingerprint density at radius 3 is 2.25 bits per heavy atom. The molecule has 2 aromatic carbocycles. The predicted octanol–water partition coefficient (Wildman–Crippen LogP) is 1.27. The van der Waals surface area contributed by atoms with Crippen LogP contribution in [0.2, 0.25) is 0 Å². The van der Waals surface area contributed by atoms with Gasteiger partial charge in [0.15, 0.2) is 11.6 Å². The van der Waals surface area contributed by atoms with Crippen molar-refractivity contribution in [3.05, 3.63) is 59.7 Å². The van der Waals surface area contributed by atoms with E-state index in [-0.39, 0.29) is 26.2 Å². The summed E-state index contributed by atoms with van der Waals surface area (Å²) >= 11 is 0. The van der Waals surface area contributed by atoms with Crippen molar-refractivity contribution in [3.8, 4) is 5.75 Å². The highest BCUT2D eigenvalue weighted by atomic mass is 32.2. The van der Waals surface area contributed by atoms with E-state index < -0.39 is 56.5 Å². The first-order valence-corrected chi connectivity index (χ1v) is 12.4. The monoisotopic (exact) mass is 522 g/mol. The fourth-order valence-corrected chi connectivity index (χ4v) is 5.59. The van der Waals surface area contributed by atoms with E-state index in [1.54, 1.807) is 31.2 Å². The van der Waals surface area contributed by atoms with Gasteiger partial charge in [-0.05, 0) is 42.8 Å². The lowest BCUT2D eigenvalue weighted by Gasteiger charge is -2.34. The van der Waals surface area contributed by atoms with Gasteiger partial charge in [-0.2, -0.15) is 4.31 Å². The lowest BCUT2D eigenvalue weighted by Crippen LogP contribution is -2.53. The van der Waals surface area contributed by atoms with Gasteiger partial charge < -0.3 is 15.0 Å². The largest absolute Gasteiger partial charge is 0.497 e. The molecule has 4 amide bonds. The first kappa shape index (κ1) is 25.5. The second-order valence-electron chi connectivity index (χ2n) is 8.54. The van der Waals surface area contributed by atoms with Crippen LogP contribution in [0.3, 0.4) is 0 Å². The number of halogens is 2. The normalized spacial score (nSPS) is 21.0. The van der Waals surface area contributed by atoms with Crippen LogP contribution in [0.25, 0.3) is 0 Å². The maximum Gasteiger partial charge on any atom is 0.325 e. The second-order valence-corrected chi connectivity index (χ2v) is 10.5. The zero-order chi connectivity index (χ0) is 26.3. The first-order valence-electron chi connectivity index (χ1n) is 11.0. The molecule has 10 nitrogen and oxygen atoms in total. The van der Waals surface area contributed by atoms with Crippen LogP contribution in [0, 0.1) is 11.6 Å². The minimum atomic E-state index is -4.09. The highest BCUT2D eigenvalue weighted by Gasteiger charge is 2.49. The molecule has 4 rings (SSSR count). The molecule has 13 heteroatoms. The Kier molecular flexibility index (Phi) is 6.71. The molecule has 0 aromatic heterocycles. The predicted molar refractivity (Wildman–Crippen MR) is 122 cm³/mol. The van der Waals surface area contributed by atoms with Crippen molar-refractivity contribution in [1.29, 1.82) is 0 Å². The topological polar surface area (TPSA) is 116 Å². The van der Waals surface area contributed by atoms with Crippen molar-refractivity contribution in [2.24, 2.45) is 0 Å². The van der Waals surface area contributed by atoms with E-state index in [0.29, 0.717) is 17.4 Å². The lowest BCUT2D eigenvalue weighted by atomic mass is 9.92. The number of nitrogens with zero attached hydrogens (tertiary/aromatic N) is 3. The van der Waals surface area contributed by atoms with E-state index >= 15 is 0 Å². The second kappa shape index (κ2) is 9.47. The Hall–Kier alpha value is -3.58. The summed E-state index contributed by atoms with van der Waals surface area (Å²) in [6.07, 6.45) is 0. The van der Waals surface area contributed by atoms with E-state index in [1.165, 1.54) is 12.0 Å². The molecule has 0 radical (unpaired) electrons. The van der Waals surface area contributed by atoms with Crippen molar-refractivity contribution >= 4 is 27.9 Å². The Bertz CT molecular complexity index is 1310. The molecule has 2 saturated heterocycles. The highest BCUT2D eigenvalue weighted by Crippen LogP contribution is 2.30. The molecular weight excluding hydrogens is 498 g/mol. The minimum Gasteiger partial charge on any atom is -0.497 e. The molecule has 2 aliphatic heterocycles. The average Bonchev–Trinajstić information content (AvgIpc) is 3.09. The van der Waals surface area contributed by atoms with Gasteiger partial charge in [-0.25, -0.2) is 22.0 Å². The molecular formula is C23H24F2N4O6S. The zero-order valence-electron chi connectivity index (χ0n) is 19.5. The number of piperazine rings is 1. The van der Waals surface area contributed by atoms with Gasteiger partial charge in [0, 0.05) is 26.2 Å². The van der Waals surface area contributed by atoms with E-state index in [2.05, 4.69) is 5.32 Å². The third-order valence-corrected chi connectivity index (χ3v) is 8.25. The Balaban J connectivity index is 1.40. The third-order valence-electron chi connectivity index (χ3n) is 6.36. The molecule has 0 aliphatic carbocycles. The number of rotatable bonds is 6. The molecule has 0 bridgehead atoms. The van der Waals surface area contributed by atoms with Crippen LogP contribution in [-0.4, -0.2) is 80.2 Å². The van der Waals surface area contributed by atoms with Gasteiger partial charge >= 0.3 is 6.03 Å². The van der Waals surface area contributed by atoms with Gasteiger partial charge in [-0.15, -0.1) is 0 Å². The van der Waals surface area contributed by atoms with E-state index in [1.807, 2.05) is 0 Å². The fraction of sp³-hybridized carbons (Fsp3) is 0.348. The van der Waals surface area contributed by atoms with Crippen LogP contribution in [0.4, 0.5) is 13.6 Å². The minimum absolute atomic E-state index is 0.00113. The fourth-order valence-electron chi connectivity index (χ4n) is 4.16. The molecule has 2 heterocycles. The number of sulfonamides is 1. The number of imide groups is 1. The molecule has 2 aromatic rings. The van der Waals surface area contributed by atoms with Crippen LogP contribution >= 0.6 is 0 Å². The van der Waals surface area contributed by atoms with Crippen molar-refractivity contribution in [2.45, 2.75) is 17.4 Å². The standard InChI is InChI=1S/C23H24F2N4O6S/c1-23(15-3-5-16(35-2)6-4-15)21(31)29(22(32)26-23)14-20(30)27-9-11-28(12-10-27)36(33,34)17-7-8-18(24)19(25)13-17/h3-8,13H,9-12,14H2,1-2H3,(H,26,32). The van der Waals surface area contributed by atoms with Gasteiger partial charge in [-0.1, -0.05) is 12.1 Å². The van der Waals surface area contributed by atoms with Gasteiger partial charge in [-0.3, -0.25) is 14.5 Å². The number of carbonyl (C=O) groups excluding carboxylic acids is 3. The molecule has 0 spiro atoms. The molecule has 1 atom stereocenters. The number of nitrogens with one attached hydrogen (secondary N) is 1. The third kappa shape index (κ3) is 4.51. The number of carbonyl (C=O) groups is 3. The summed E-state index contributed by atoms with van der Waals surface area (Å²) in [7, 11) is -2.59. The summed E-state index contributed by atoms with van der Waals surface area (Å²) < 4.78 is 58.4. The number of ether oxygens (including phenoxy) is 1. The maximum atomic E-state index is 13.5. The number of benzene rings is 2. The number of urea groups is 1. The Labute approximate surface area is 206 Å². The zero-order valence-corrected chi connectivity index (χ0v) is 20.3. The van der Waals surface area contributed by atoms with Crippen LogP contribution in [-0.2, 0) is 25.2 Å². The molecule has 2 fully saturated rings. The van der Waals surface area contributed by atoms with E-state index in [4.69, 9.17) is 4.74 Å². The number of amides is 4. The maximum absolute atomic E-state index is 13.5. The highest BCUT2D eigenvalue weighted by molar-refractivity contribution is 7.89. The van der Waals surface area contributed by atoms with E-state index in [9.17, 15) is 31.6 Å². The SMILES string of the molecule is COc1ccc(C2(C)NC(=O)N(CC(=O)N3CCN(S(=O)(=O)c4ccc(F)c(F)c4)CC3)C2=O)cc1. The van der Waals surface area contributed by atoms with Crippen LogP contribution in [0.15, 0.2) is 47.4 Å². The van der Waals surface area contributed by atoms with Crippen LogP contribution in [0.1, 0.15) is 12.5 Å². The number of methoxy groups -OCH3 is 1. The molecule has 2 aliphatic rings. The van der Waals surface area contributed by atoms with Gasteiger partial charge in [0.25, 0.3) is 5.91 Å². The van der Waals surface area contributed by atoms with Crippen molar-refractivity contribution in [2.75, 3.05) is 39.8 Å². The molecule has 0 saturated carbocycles. The Morgan fingerprint density at radius 2 is 1.67 bits per heavy atom. The molecule has 36 heavy (non-hydrogen) atoms. The smallest absolute Gasteiger partial charge is 0.325 e. The quantitative estimate of drug-likeness (QED) is 0.572. The van der Waals surface area contributed by atoms with Gasteiger partial charge in [0.1, 0.15) is 17.8 Å². The van der Waals surface area contributed by atoms with Crippen molar-refractivity contribution in [1.82, 2.24) is 19.4 Å². The van der Waals surface area contributed by atoms with Crippen LogP contribution in [0.5, 0.6) is 5.75 Å². The summed E-state index contributed by atoms with van der Waals surface area (Å²) in [6.45, 7) is 0.865. The molecule has 1 N–H and O–H groups in total. The summed E-state index contributed by atoms with van der Waals surface area (Å²) in [4.78, 5) is 40.3. The summed E-state index contributed by atoms with van der Waals surface area (Å²) in [6, 6.07) is 8.21. The van der Waals surface area contributed by atoms with Crippen LogP contribution < -0.4 is 10.1 Å². The summed E-state index contributed by atoms with van der Waals surface area (Å²) in [5.74, 6) is -2.97. The Morgan fingerprint density at radius 1 is 1.03 bits per heavy atom.